The second-order valence-corrected chi connectivity index (χ2v) is 8.66. The van der Waals surface area contributed by atoms with Crippen LogP contribution in [-0.4, -0.2) is 22.7 Å². The summed E-state index contributed by atoms with van der Waals surface area (Å²) in [5.74, 6) is 0.750. The van der Waals surface area contributed by atoms with Crippen molar-refractivity contribution in [1.29, 1.82) is 0 Å². The highest BCUT2D eigenvalue weighted by molar-refractivity contribution is 7.18. The standard InChI is InChI=1S/C20H23N5S/c1-20(2,3)17-9-16-18(22-12-23-19(16)26-17)25-24-10-13-4-5-15-11-21-7-6-14(15)8-13/h4-5,8-10,12,21H,6-7,11H2,1-3H3,(H,22,23,25)/b24-10+. The molecule has 4 rings (SSSR count). The van der Waals surface area contributed by atoms with E-state index in [1.54, 1.807) is 17.7 Å². The molecular formula is C20H23N5S. The molecule has 1 aliphatic rings. The normalized spacial score (nSPS) is 14.7. The van der Waals surface area contributed by atoms with Gasteiger partial charge in [-0.1, -0.05) is 32.9 Å². The van der Waals surface area contributed by atoms with E-state index >= 15 is 0 Å². The molecule has 0 atom stereocenters. The topological polar surface area (TPSA) is 62.2 Å². The molecular weight excluding hydrogens is 342 g/mol. The highest BCUT2D eigenvalue weighted by Gasteiger charge is 2.18. The SMILES string of the molecule is CC(C)(C)c1cc2c(N/N=C/c3ccc4c(c3)CCNC4)ncnc2s1. The fourth-order valence-corrected chi connectivity index (χ4v) is 4.12. The average Bonchev–Trinajstić information content (AvgIpc) is 3.07. The summed E-state index contributed by atoms with van der Waals surface area (Å²) in [6.07, 6.45) is 4.52. The van der Waals surface area contributed by atoms with Crippen LogP contribution in [0.3, 0.4) is 0 Å². The largest absolute Gasteiger partial charge is 0.312 e. The van der Waals surface area contributed by atoms with Crippen molar-refractivity contribution in [3.63, 3.8) is 0 Å². The number of fused-ring (bicyclic) bond motifs is 2. The molecule has 1 aromatic carbocycles. The Morgan fingerprint density at radius 2 is 2.08 bits per heavy atom. The first-order valence-corrected chi connectivity index (χ1v) is 9.69. The van der Waals surface area contributed by atoms with Gasteiger partial charge in [0.05, 0.1) is 11.6 Å². The highest BCUT2D eigenvalue weighted by atomic mass is 32.1. The molecule has 134 valence electrons. The Kier molecular flexibility index (Phi) is 4.46. The van der Waals surface area contributed by atoms with Gasteiger partial charge in [-0.25, -0.2) is 9.97 Å². The fourth-order valence-electron chi connectivity index (χ4n) is 3.06. The lowest BCUT2D eigenvalue weighted by Gasteiger charge is -2.16. The minimum absolute atomic E-state index is 0.101. The van der Waals surface area contributed by atoms with E-state index in [2.05, 4.69) is 70.8 Å². The number of anilines is 1. The summed E-state index contributed by atoms with van der Waals surface area (Å²) in [6, 6.07) is 8.68. The van der Waals surface area contributed by atoms with Gasteiger partial charge in [0, 0.05) is 11.4 Å². The van der Waals surface area contributed by atoms with Crippen LogP contribution in [0.5, 0.6) is 0 Å². The van der Waals surface area contributed by atoms with Crippen molar-refractivity contribution in [2.45, 2.75) is 39.2 Å². The molecule has 2 N–H and O–H groups in total. The highest BCUT2D eigenvalue weighted by Crippen LogP contribution is 2.35. The van der Waals surface area contributed by atoms with Crippen LogP contribution in [-0.2, 0) is 18.4 Å². The monoisotopic (exact) mass is 365 g/mol. The Bertz CT molecular complexity index is 968. The van der Waals surface area contributed by atoms with E-state index < -0.39 is 0 Å². The number of nitrogens with one attached hydrogen (secondary N) is 2. The molecule has 26 heavy (non-hydrogen) atoms. The van der Waals surface area contributed by atoms with Crippen LogP contribution in [0, 0.1) is 0 Å². The zero-order valence-corrected chi connectivity index (χ0v) is 16.2. The molecule has 5 nitrogen and oxygen atoms in total. The van der Waals surface area contributed by atoms with Gasteiger partial charge in [-0.3, -0.25) is 5.43 Å². The van der Waals surface area contributed by atoms with Crippen LogP contribution in [0.25, 0.3) is 10.2 Å². The molecule has 6 heteroatoms. The van der Waals surface area contributed by atoms with Crippen molar-refractivity contribution in [2.24, 2.45) is 5.10 Å². The first kappa shape index (κ1) is 17.1. The van der Waals surface area contributed by atoms with Crippen LogP contribution in [0.2, 0.25) is 0 Å². The second-order valence-electron chi connectivity index (χ2n) is 7.63. The molecule has 0 saturated carbocycles. The van der Waals surface area contributed by atoms with Crippen molar-refractivity contribution in [3.05, 3.63) is 52.2 Å². The number of aromatic nitrogens is 2. The molecule has 3 aromatic rings. The van der Waals surface area contributed by atoms with Gasteiger partial charge in [0.25, 0.3) is 0 Å². The lowest BCUT2D eigenvalue weighted by molar-refractivity contribution is 0.604. The summed E-state index contributed by atoms with van der Waals surface area (Å²) < 4.78 is 0. The Labute approximate surface area is 157 Å². The summed E-state index contributed by atoms with van der Waals surface area (Å²) in [5.41, 5.74) is 7.08. The van der Waals surface area contributed by atoms with Crippen molar-refractivity contribution in [2.75, 3.05) is 12.0 Å². The van der Waals surface area contributed by atoms with Gasteiger partial charge < -0.3 is 5.32 Å². The third-order valence-corrected chi connectivity index (χ3v) is 6.04. The Hall–Kier alpha value is -2.31. The van der Waals surface area contributed by atoms with Crippen LogP contribution >= 0.6 is 11.3 Å². The van der Waals surface area contributed by atoms with Gasteiger partial charge in [0.15, 0.2) is 5.82 Å². The number of benzene rings is 1. The number of hydrogen-bond acceptors (Lipinski definition) is 6. The minimum atomic E-state index is 0.101. The molecule has 0 radical (unpaired) electrons. The lowest BCUT2D eigenvalue weighted by Crippen LogP contribution is -2.23. The van der Waals surface area contributed by atoms with E-state index in [0.29, 0.717) is 0 Å². The van der Waals surface area contributed by atoms with Gasteiger partial charge in [0.2, 0.25) is 0 Å². The zero-order valence-electron chi connectivity index (χ0n) is 15.3. The van der Waals surface area contributed by atoms with E-state index in [1.165, 1.54) is 16.0 Å². The summed E-state index contributed by atoms with van der Waals surface area (Å²) in [6.45, 7) is 8.63. The summed E-state index contributed by atoms with van der Waals surface area (Å²) in [5, 5.41) is 8.83. The first-order chi connectivity index (χ1) is 12.5. The van der Waals surface area contributed by atoms with E-state index in [-0.39, 0.29) is 5.41 Å². The predicted octanol–water partition coefficient (Wildman–Crippen LogP) is 4.08. The molecule has 0 unspecified atom stereocenters. The first-order valence-electron chi connectivity index (χ1n) is 8.87. The van der Waals surface area contributed by atoms with Crippen molar-refractivity contribution >= 4 is 33.6 Å². The predicted molar refractivity (Wildman–Crippen MR) is 109 cm³/mol. The molecule has 0 amide bonds. The summed E-state index contributed by atoms with van der Waals surface area (Å²) >= 11 is 1.71. The Morgan fingerprint density at radius 1 is 1.19 bits per heavy atom. The van der Waals surface area contributed by atoms with Crippen LogP contribution in [0.1, 0.15) is 42.3 Å². The number of thiophene rings is 1. The third-order valence-electron chi connectivity index (χ3n) is 4.57. The van der Waals surface area contributed by atoms with Crippen LogP contribution in [0.15, 0.2) is 35.7 Å². The molecule has 0 saturated heterocycles. The maximum absolute atomic E-state index is 4.41. The number of hydrazone groups is 1. The van der Waals surface area contributed by atoms with E-state index in [1.807, 2.05) is 6.21 Å². The minimum Gasteiger partial charge on any atom is -0.312 e. The van der Waals surface area contributed by atoms with Gasteiger partial charge in [0.1, 0.15) is 11.2 Å². The van der Waals surface area contributed by atoms with Gasteiger partial charge in [-0.2, -0.15) is 5.10 Å². The molecule has 3 heterocycles. The smallest absolute Gasteiger partial charge is 0.158 e. The fraction of sp³-hybridized carbons (Fsp3) is 0.350. The Morgan fingerprint density at radius 3 is 2.92 bits per heavy atom. The number of hydrogen-bond donors (Lipinski definition) is 2. The molecule has 0 aliphatic carbocycles. The number of rotatable bonds is 3. The quantitative estimate of drug-likeness (QED) is 0.542. The van der Waals surface area contributed by atoms with Gasteiger partial charge >= 0.3 is 0 Å². The van der Waals surface area contributed by atoms with Gasteiger partial charge in [-0.05, 0) is 47.2 Å². The molecule has 0 fully saturated rings. The van der Waals surface area contributed by atoms with E-state index in [4.69, 9.17) is 0 Å². The van der Waals surface area contributed by atoms with Crippen molar-refractivity contribution < 1.29 is 0 Å². The summed E-state index contributed by atoms with van der Waals surface area (Å²) in [4.78, 5) is 11.1. The van der Waals surface area contributed by atoms with Gasteiger partial charge in [-0.15, -0.1) is 11.3 Å². The molecule has 1 aliphatic heterocycles. The maximum Gasteiger partial charge on any atom is 0.158 e. The average molecular weight is 366 g/mol. The summed E-state index contributed by atoms with van der Waals surface area (Å²) in [7, 11) is 0. The number of nitrogens with zero attached hydrogens (tertiary/aromatic N) is 3. The maximum atomic E-state index is 4.41. The molecule has 2 aromatic heterocycles. The van der Waals surface area contributed by atoms with Crippen molar-refractivity contribution in [1.82, 2.24) is 15.3 Å². The van der Waals surface area contributed by atoms with E-state index in [9.17, 15) is 0 Å². The molecule has 0 spiro atoms. The second kappa shape index (κ2) is 6.78. The van der Waals surface area contributed by atoms with Crippen LogP contribution < -0.4 is 10.7 Å². The Balaban J connectivity index is 1.56. The van der Waals surface area contributed by atoms with Crippen LogP contribution in [0.4, 0.5) is 5.82 Å². The lowest BCUT2D eigenvalue weighted by atomic mass is 9.94. The van der Waals surface area contributed by atoms with E-state index in [0.717, 1.165) is 41.1 Å². The van der Waals surface area contributed by atoms with Crippen molar-refractivity contribution in [3.8, 4) is 0 Å². The molecule has 0 bridgehead atoms. The third kappa shape index (κ3) is 3.48. The zero-order chi connectivity index (χ0) is 18.1.